The number of hydrogen-bond acceptors (Lipinski definition) is 7. The van der Waals surface area contributed by atoms with Crippen molar-refractivity contribution in [3.05, 3.63) is 65.9 Å². The maximum atomic E-state index is 12.9. The zero-order valence-corrected chi connectivity index (χ0v) is 21.8. The molecule has 2 aromatic carbocycles. The van der Waals surface area contributed by atoms with E-state index in [0.717, 1.165) is 26.7 Å². The van der Waals surface area contributed by atoms with Crippen molar-refractivity contribution in [2.75, 3.05) is 17.7 Å². The Hall–Kier alpha value is -4.75. The molecule has 3 heterocycles. The zero-order chi connectivity index (χ0) is 28.1. The van der Waals surface area contributed by atoms with Crippen molar-refractivity contribution in [3.8, 4) is 5.69 Å². The number of hydrazine groups is 1. The number of urea groups is 1. The molecule has 4 amide bonds. The van der Waals surface area contributed by atoms with E-state index >= 15 is 0 Å². The molecule has 1 saturated heterocycles. The van der Waals surface area contributed by atoms with E-state index in [1.165, 1.54) is 7.05 Å². The summed E-state index contributed by atoms with van der Waals surface area (Å²) >= 11 is 0. The molecule has 202 valence electrons. The van der Waals surface area contributed by atoms with Gasteiger partial charge in [-0.05, 0) is 29.8 Å². The predicted octanol–water partition coefficient (Wildman–Crippen LogP) is 2.09. The first-order valence-electron chi connectivity index (χ1n) is 12.1. The lowest BCUT2D eigenvalue weighted by Gasteiger charge is -2.23. The highest BCUT2D eigenvalue weighted by Crippen LogP contribution is 2.28. The summed E-state index contributed by atoms with van der Waals surface area (Å²) in [5.74, 6) is -4.59. The fourth-order valence-corrected chi connectivity index (χ4v) is 4.14. The third kappa shape index (κ3) is 4.80. The van der Waals surface area contributed by atoms with Crippen LogP contribution in [0.15, 0.2) is 54.6 Å². The van der Waals surface area contributed by atoms with Crippen molar-refractivity contribution in [2.24, 2.45) is 0 Å². The van der Waals surface area contributed by atoms with Gasteiger partial charge in [0, 0.05) is 18.5 Å². The highest BCUT2D eigenvalue weighted by atomic mass is 16.5. The van der Waals surface area contributed by atoms with Crippen LogP contribution in [0.3, 0.4) is 0 Å². The van der Waals surface area contributed by atoms with E-state index in [4.69, 9.17) is 5.10 Å². The van der Waals surface area contributed by atoms with Crippen molar-refractivity contribution < 1.29 is 24.6 Å². The van der Waals surface area contributed by atoms with Crippen LogP contribution in [0.5, 0.6) is 0 Å². The average Bonchev–Trinajstić information content (AvgIpc) is 3.53. The summed E-state index contributed by atoms with van der Waals surface area (Å²) in [4.78, 5) is 44.5. The zero-order valence-electron chi connectivity index (χ0n) is 21.8. The highest BCUT2D eigenvalue weighted by Gasteiger charge is 2.55. The Bertz CT molecular complexity index is 1550. The van der Waals surface area contributed by atoms with Crippen LogP contribution in [0, 0.1) is 0 Å². The number of likely N-dealkylation sites (N-methyl/N-ethyl adjacent to an activating group) is 1. The quantitative estimate of drug-likeness (QED) is 0.194. The number of amides is 4. The Morgan fingerprint density at radius 2 is 1.72 bits per heavy atom. The lowest BCUT2D eigenvalue weighted by Crippen LogP contribution is -2.43. The van der Waals surface area contributed by atoms with Crippen LogP contribution >= 0.6 is 0 Å². The Morgan fingerprint density at radius 3 is 2.33 bits per heavy atom. The second kappa shape index (κ2) is 9.22. The number of anilines is 2. The molecule has 1 aliphatic rings. The van der Waals surface area contributed by atoms with Gasteiger partial charge in [-0.2, -0.15) is 5.10 Å². The molecular formula is C26H28N8O5. The van der Waals surface area contributed by atoms with Crippen molar-refractivity contribution in [1.82, 2.24) is 29.8 Å². The number of aliphatic hydroxyl groups is 2. The number of carbonyl (C=O) groups is 3. The van der Waals surface area contributed by atoms with Gasteiger partial charge in [0.25, 0.3) is 0 Å². The van der Waals surface area contributed by atoms with E-state index in [9.17, 15) is 24.6 Å². The Kier molecular flexibility index (Phi) is 6.12. The maximum absolute atomic E-state index is 12.9. The molecule has 0 bridgehead atoms. The molecule has 0 atom stereocenters. The standard InChI is InChI=1S/C26H28N8O5/c1-25(2,3)19-13-20(29-24(37)30-23-27-17-7-5-6-8-18(17)28-23)34(31-19)16-11-9-15(10-12-16)14-33-22(36)26(38,39)21(35)32(33)4/h5-13,38-39H,14H2,1-4H3,(H3,27,28,29,30,37). The number of rotatable bonds is 5. The number of para-hydroxylation sites is 2. The smallest absolute Gasteiger partial charge is 0.330 e. The summed E-state index contributed by atoms with van der Waals surface area (Å²) in [5.41, 5.74) is 3.22. The van der Waals surface area contributed by atoms with Crippen LogP contribution in [-0.4, -0.2) is 70.7 Å². The lowest BCUT2D eigenvalue weighted by molar-refractivity contribution is -0.186. The fraction of sp³-hybridized carbons (Fsp3) is 0.269. The molecule has 4 aromatic rings. The normalized spacial score (nSPS) is 15.3. The monoisotopic (exact) mass is 532 g/mol. The molecule has 5 rings (SSSR count). The molecule has 2 aromatic heterocycles. The average molecular weight is 533 g/mol. The van der Waals surface area contributed by atoms with E-state index in [2.05, 4.69) is 20.6 Å². The first-order valence-corrected chi connectivity index (χ1v) is 12.1. The molecule has 1 aliphatic heterocycles. The Labute approximate surface area is 223 Å². The number of fused-ring (bicyclic) bond motifs is 1. The fourth-order valence-electron chi connectivity index (χ4n) is 4.14. The van der Waals surface area contributed by atoms with Crippen LogP contribution in [0.25, 0.3) is 16.7 Å². The summed E-state index contributed by atoms with van der Waals surface area (Å²) in [7, 11) is 1.29. The summed E-state index contributed by atoms with van der Waals surface area (Å²) in [5, 5.41) is 31.6. The minimum absolute atomic E-state index is 0.0540. The largest absolute Gasteiger partial charge is 0.351 e. The highest BCUT2D eigenvalue weighted by molar-refractivity contribution is 6.10. The maximum Gasteiger partial charge on any atom is 0.330 e. The number of nitrogens with one attached hydrogen (secondary N) is 3. The lowest BCUT2D eigenvalue weighted by atomic mass is 9.92. The van der Waals surface area contributed by atoms with Gasteiger partial charge in [0.1, 0.15) is 5.82 Å². The summed E-state index contributed by atoms with van der Waals surface area (Å²) < 4.78 is 1.59. The number of H-pyrrole nitrogens is 1. The number of hydrogen-bond donors (Lipinski definition) is 5. The number of aromatic amines is 1. The number of nitrogens with zero attached hydrogens (tertiary/aromatic N) is 5. The molecule has 13 heteroatoms. The number of carbonyl (C=O) groups excluding carboxylic acids is 3. The summed E-state index contributed by atoms with van der Waals surface area (Å²) in [6.07, 6.45) is 0. The van der Waals surface area contributed by atoms with Crippen LogP contribution in [0.1, 0.15) is 32.0 Å². The third-order valence-electron chi connectivity index (χ3n) is 6.34. The minimum atomic E-state index is -3.07. The van der Waals surface area contributed by atoms with Crippen molar-refractivity contribution >= 4 is 40.6 Å². The van der Waals surface area contributed by atoms with Gasteiger partial charge in [-0.1, -0.05) is 45.0 Å². The van der Waals surface area contributed by atoms with Crippen molar-refractivity contribution in [1.29, 1.82) is 0 Å². The van der Waals surface area contributed by atoms with E-state index in [-0.39, 0.29) is 12.0 Å². The van der Waals surface area contributed by atoms with Gasteiger partial charge in [-0.3, -0.25) is 20.2 Å². The van der Waals surface area contributed by atoms with Crippen molar-refractivity contribution in [2.45, 2.75) is 38.5 Å². The molecule has 0 aliphatic carbocycles. The summed E-state index contributed by atoms with van der Waals surface area (Å²) in [6, 6.07) is 15.6. The van der Waals surface area contributed by atoms with Gasteiger partial charge >= 0.3 is 23.6 Å². The van der Waals surface area contributed by atoms with Gasteiger partial charge in [-0.15, -0.1) is 0 Å². The van der Waals surface area contributed by atoms with Gasteiger partial charge in [-0.25, -0.2) is 24.5 Å². The van der Waals surface area contributed by atoms with E-state index in [1.807, 2.05) is 45.0 Å². The minimum Gasteiger partial charge on any atom is -0.351 e. The number of benzene rings is 2. The molecule has 5 N–H and O–H groups in total. The molecule has 13 nitrogen and oxygen atoms in total. The van der Waals surface area contributed by atoms with Gasteiger partial charge < -0.3 is 15.2 Å². The van der Waals surface area contributed by atoms with E-state index in [1.54, 1.807) is 35.0 Å². The topological polar surface area (TPSA) is 169 Å². The molecule has 0 spiro atoms. The first kappa shape index (κ1) is 25.9. The van der Waals surface area contributed by atoms with Crippen LogP contribution in [-0.2, 0) is 21.5 Å². The van der Waals surface area contributed by atoms with Crippen molar-refractivity contribution in [3.63, 3.8) is 0 Å². The van der Waals surface area contributed by atoms with Crippen LogP contribution in [0.2, 0.25) is 0 Å². The molecule has 39 heavy (non-hydrogen) atoms. The summed E-state index contributed by atoms with van der Waals surface area (Å²) in [6.45, 7) is 5.97. The van der Waals surface area contributed by atoms with Gasteiger partial charge in [0.05, 0.1) is 29.0 Å². The second-order valence-corrected chi connectivity index (χ2v) is 10.3. The Morgan fingerprint density at radius 1 is 1.03 bits per heavy atom. The number of imidazole rings is 1. The Balaban J connectivity index is 1.37. The third-order valence-corrected chi connectivity index (χ3v) is 6.34. The second-order valence-electron chi connectivity index (χ2n) is 10.3. The van der Waals surface area contributed by atoms with Crippen LogP contribution in [0.4, 0.5) is 16.6 Å². The molecule has 0 saturated carbocycles. The molecular weight excluding hydrogens is 504 g/mol. The number of aromatic nitrogens is 4. The van der Waals surface area contributed by atoms with E-state index < -0.39 is 23.6 Å². The first-order chi connectivity index (χ1) is 18.3. The van der Waals surface area contributed by atoms with Crippen LogP contribution < -0.4 is 10.6 Å². The molecule has 0 unspecified atom stereocenters. The van der Waals surface area contributed by atoms with Gasteiger partial charge in [0.2, 0.25) is 5.95 Å². The molecule has 1 fully saturated rings. The van der Waals surface area contributed by atoms with E-state index in [0.29, 0.717) is 23.0 Å². The SMILES string of the molecule is CN1C(=O)C(O)(O)C(=O)N1Cc1ccc(-n2nc(C(C)(C)C)cc2NC(=O)Nc2nc3ccccc3[nH]2)cc1. The van der Waals surface area contributed by atoms with Gasteiger partial charge in [0.15, 0.2) is 0 Å². The molecule has 0 radical (unpaired) electrons. The predicted molar refractivity (Wildman–Crippen MR) is 141 cm³/mol.